The van der Waals surface area contributed by atoms with E-state index in [2.05, 4.69) is 44.3 Å². The van der Waals surface area contributed by atoms with Gasteiger partial charge in [-0.3, -0.25) is 0 Å². The van der Waals surface area contributed by atoms with Crippen molar-refractivity contribution in [2.45, 2.75) is 65.3 Å². The minimum Gasteiger partial charge on any atom is -0.314 e. The van der Waals surface area contributed by atoms with E-state index in [-0.39, 0.29) is 0 Å². The van der Waals surface area contributed by atoms with E-state index in [4.69, 9.17) is 0 Å². The summed E-state index contributed by atoms with van der Waals surface area (Å²) < 4.78 is 0. The van der Waals surface area contributed by atoms with Crippen molar-refractivity contribution >= 4 is 0 Å². The summed E-state index contributed by atoms with van der Waals surface area (Å²) in [6.45, 7) is 7.84. The highest BCUT2D eigenvalue weighted by atomic mass is 14.9. The van der Waals surface area contributed by atoms with Gasteiger partial charge in [-0.15, -0.1) is 0 Å². The Bertz CT molecular complexity index is 393. The van der Waals surface area contributed by atoms with Gasteiger partial charge in [0.05, 0.1) is 0 Å². The van der Waals surface area contributed by atoms with Crippen LogP contribution in [0.4, 0.5) is 0 Å². The molecule has 1 saturated carbocycles. The molecule has 106 valence electrons. The van der Waals surface area contributed by atoms with E-state index in [1.54, 1.807) is 0 Å². The maximum Gasteiger partial charge on any atom is 0.0108 e. The molecular weight excluding hydrogens is 230 g/mol. The Hall–Kier alpha value is -0.820. The third-order valence-electron chi connectivity index (χ3n) is 4.27. The highest BCUT2D eigenvalue weighted by Gasteiger charge is 2.22. The van der Waals surface area contributed by atoms with Crippen LogP contribution in [0.25, 0.3) is 0 Å². The van der Waals surface area contributed by atoms with Gasteiger partial charge in [-0.2, -0.15) is 0 Å². The normalized spacial score (nSPS) is 16.6. The fourth-order valence-electron chi connectivity index (χ4n) is 2.75. The molecule has 1 aliphatic rings. The van der Waals surface area contributed by atoms with Gasteiger partial charge in [-0.1, -0.05) is 43.5 Å². The zero-order valence-corrected chi connectivity index (χ0v) is 12.8. The lowest BCUT2D eigenvalue weighted by Gasteiger charge is -2.20. The molecule has 1 aliphatic carbocycles. The molecule has 1 nitrogen and oxygen atoms in total. The van der Waals surface area contributed by atoms with Crippen molar-refractivity contribution in [3.63, 3.8) is 0 Å². The van der Waals surface area contributed by atoms with Gasteiger partial charge in [0.15, 0.2) is 0 Å². The maximum atomic E-state index is 3.75. The number of hydrogen-bond donors (Lipinski definition) is 1. The molecule has 1 aromatic carbocycles. The number of aryl methyl sites for hydroxylation is 2. The van der Waals surface area contributed by atoms with E-state index in [1.807, 2.05) is 0 Å². The summed E-state index contributed by atoms with van der Waals surface area (Å²) in [5.74, 6) is 1.05. The fraction of sp³-hybridized carbons (Fsp3) is 0.667. The second-order valence-corrected chi connectivity index (χ2v) is 6.31. The third-order valence-corrected chi connectivity index (χ3v) is 4.27. The summed E-state index contributed by atoms with van der Waals surface area (Å²) in [6.07, 6.45) is 8.14. The topological polar surface area (TPSA) is 12.0 Å². The second-order valence-electron chi connectivity index (χ2n) is 6.31. The molecule has 0 aliphatic heterocycles. The maximum absolute atomic E-state index is 3.75. The summed E-state index contributed by atoms with van der Waals surface area (Å²) in [6, 6.07) is 7.52. The van der Waals surface area contributed by atoms with Crippen molar-refractivity contribution in [3.8, 4) is 0 Å². The van der Waals surface area contributed by atoms with Crippen molar-refractivity contribution in [1.29, 1.82) is 0 Å². The largest absolute Gasteiger partial charge is 0.314 e. The molecule has 1 aromatic rings. The quantitative estimate of drug-likeness (QED) is 0.729. The average molecular weight is 259 g/mol. The smallest absolute Gasteiger partial charge is 0.0108 e. The van der Waals surface area contributed by atoms with Gasteiger partial charge in [0.25, 0.3) is 0 Å². The van der Waals surface area contributed by atoms with Gasteiger partial charge in [0.1, 0.15) is 0 Å². The number of benzene rings is 1. The summed E-state index contributed by atoms with van der Waals surface area (Å²) in [4.78, 5) is 0. The van der Waals surface area contributed by atoms with Gasteiger partial charge in [0.2, 0.25) is 0 Å². The van der Waals surface area contributed by atoms with E-state index in [0.717, 1.165) is 12.5 Å². The standard InChI is InChI=1S/C18H29N/c1-4-11-19-18(10-9-16-7-8-16)13-17-12-14(2)5-6-15(17)3/h5-6,12,16,18-19H,4,7-11,13H2,1-3H3. The van der Waals surface area contributed by atoms with E-state index in [1.165, 1.54) is 55.2 Å². The Kier molecular flexibility index (Phi) is 5.45. The molecule has 1 fully saturated rings. The first kappa shape index (κ1) is 14.6. The highest BCUT2D eigenvalue weighted by Crippen LogP contribution is 2.34. The summed E-state index contributed by atoms with van der Waals surface area (Å²) in [5, 5.41) is 3.75. The predicted octanol–water partition coefficient (Wildman–Crippen LogP) is 4.40. The minimum atomic E-state index is 0.668. The lowest BCUT2D eigenvalue weighted by Crippen LogP contribution is -2.32. The number of hydrogen-bond acceptors (Lipinski definition) is 1. The summed E-state index contributed by atoms with van der Waals surface area (Å²) >= 11 is 0. The Morgan fingerprint density at radius 1 is 1.26 bits per heavy atom. The molecule has 1 N–H and O–H groups in total. The SMILES string of the molecule is CCCNC(CCC1CC1)Cc1cc(C)ccc1C. The van der Waals surface area contributed by atoms with Crippen LogP contribution < -0.4 is 5.32 Å². The first-order valence-corrected chi connectivity index (χ1v) is 7.98. The Morgan fingerprint density at radius 3 is 2.74 bits per heavy atom. The van der Waals surface area contributed by atoms with Gasteiger partial charge in [0, 0.05) is 6.04 Å². The molecule has 0 aromatic heterocycles. The van der Waals surface area contributed by atoms with Crippen molar-refractivity contribution in [3.05, 3.63) is 34.9 Å². The molecule has 0 bridgehead atoms. The molecule has 0 amide bonds. The van der Waals surface area contributed by atoms with E-state index in [0.29, 0.717) is 6.04 Å². The van der Waals surface area contributed by atoms with Crippen LogP contribution in [0.5, 0.6) is 0 Å². The van der Waals surface area contributed by atoms with Crippen LogP contribution in [0.2, 0.25) is 0 Å². The van der Waals surface area contributed by atoms with Gasteiger partial charge in [-0.05, 0) is 63.1 Å². The molecule has 2 rings (SSSR count). The van der Waals surface area contributed by atoms with Crippen molar-refractivity contribution in [2.24, 2.45) is 5.92 Å². The second kappa shape index (κ2) is 7.09. The van der Waals surface area contributed by atoms with E-state index >= 15 is 0 Å². The monoisotopic (exact) mass is 259 g/mol. The number of rotatable bonds is 8. The molecule has 19 heavy (non-hydrogen) atoms. The molecule has 0 radical (unpaired) electrons. The highest BCUT2D eigenvalue weighted by molar-refractivity contribution is 5.31. The van der Waals surface area contributed by atoms with E-state index in [9.17, 15) is 0 Å². The van der Waals surface area contributed by atoms with E-state index < -0.39 is 0 Å². The van der Waals surface area contributed by atoms with Crippen LogP contribution in [0.3, 0.4) is 0 Å². The molecule has 0 spiro atoms. The van der Waals surface area contributed by atoms with Crippen LogP contribution in [0.15, 0.2) is 18.2 Å². The van der Waals surface area contributed by atoms with Crippen LogP contribution in [-0.2, 0) is 6.42 Å². The molecular formula is C18H29N. The fourth-order valence-corrected chi connectivity index (χ4v) is 2.75. The lowest BCUT2D eigenvalue weighted by molar-refractivity contribution is 0.451. The molecule has 1 heteroatoms. The summed E-state index contributed by atoms with van der Waals surface area (Å²) in [5.41, 5.74) is 4.36. The zero-order chi connectivity index (χ0) is 13.7. The number of nitrogens with one attached hydrogen (secondary N) is 1. The Labute approximate surface area is 118 Å². The van der Waals surface area contributed by atoms with Crippen LogP contribution >= 0.6 is 0 Å². The first-order chi connectivity index (χ1) is 9.19. The molecule has 0 saturated heterocycles. The third kappa shape index (κ3) is 4.99. The van der Waals surface area contributed by atoms with Crippen LogP contribution in [0, 0.1) is 19.8 Å². The summed E-state index contributed by atoms with van der Waals surface area (Å²) in [7, 11) is 0. The average Bonchev–Trinajstić information content (AvgIpc) is 3.21. The zero-order valence-electron chi connectivity index (χ0n) is 12.8. The van der Waals surface area contributed by atoms with Crippen molar-refractivity contribution in [2.75, 3.05) is 6.54 Å². The lowest BCUT2D eigenvalue weighted by atomic mass is 9.96. The van der Waals surface area contributed by atoms with Crippen LogP contribution in [-0.4, -0.2) is 12.6 Å². The predicted molar refractivity (Wildman–Crippen MR) is 83.7 cm³/mol. The van der Waals surface area contributed by atoms with Crippen molar-refractivity contribution < 1.29 is 0 Å². The molecule has 1 unspecified atom stereocenters. The Morgan fingerprint density at radius 2 is 2.05 bits per heavy atom. The Balaban J connectivity index is 1.93. The molecule has 1 atom stereocenters. The van der Waals surface area contributed by atoms with Crippen LogP contribution in [0.1, 0.15) is 55.7 Å². The van der Waals surface area contributed by atoms with Gasteiger partial charge >= 0.3 is 0 Å². The first-order valence-electron chi connectivity index (χ1n) is 7.98. The minimum absolute atomic E-state index is 0.668. The molecule has 0 heterocycles. The van der Waals surface area contributed by atoms with Crippen molar-refractivity contribution in [1.82, 2.24) is 5.32 Å². The van der Waals surface area contributed by atoms with Gasteiger partial charge < -0.3 is 5.32 Å². The van der Waals surface area contributed by atoms with Gasteiger partial charge in [-0.25, -0.2) is 0 Å².